The van der Waals surface area contributed by atoms with E-state index in [1.807, 2.05) is 0 Å². The lowest BCUT2D eigenvalue weighted by Crippen LogP contribution is -2.44. The normalized spacial score (nSPS) is 12.3. The van der Waals surface area contributed by atoms with Crippen LogP contribution < -0.4 is 10.6 Å². The van der Waals surface area contributed by atoms with Crippen molar-refractivity contribution in [1.29, 1.82) is 0 Å². The van der Waals surface area contributed by atoms with Crippen molar-refractivity contribution in [2.75, 3.05) is 17.3 Å². The van der Waals surface area contributed by atoms with Gasteiger partial charge >= 0.3 is 0 Å². The van der Waals surface area contributed by atoms with E-state index < -0.39 is 27.7 Å². The Balaban J connectivity index is 2.16. The van der Waals surface area contributed by atoms with Crippen molar-refractivity contribution >= 4 is 54.9 Å². The van der Waals surface area contributed by atoms with E-state index in [2.05, 4.69) is 26.6 Å². The fourth-order valence-corrected chi connectivity index (χ4v) is 3.50. The molecule has 0 spiro atoms. The molecule has 0 saturated carbocycles. The van der Waals surface area contributed by atoms with Crippen LogP contribution in [0.2, 0.25) is 5.02 Å². The summed E-state index contributed by atoms with van der Waals surface area (Å²) in [6, 6.07) is 12.2. The van der Waals surface area contributed by atoms with Gasteiger partial charge in [-0.2, -0.15) is 0 Å². The van der Waals surface area contributed by atoms with Crippen LogP contribution in [0.15, 0.2) is 53.0 Å². The fraction of sp³-hybridized carbons (Fsp3) is 0.222. The molecule has 0 aliphatic rings. The van der Waals surface area contributed by atoms with Gasteiger partial charge in [-0.3, -0.25) is 9.59 Å². The van der Waals surface area contributed by atoms with Crippen molar-refractivity contribution in [3.05, 3.63) is 63.6 Å². The van der Waals surface area contributed by atoms with Crippen LogP contribution in [0.1, 0.15) is 16.8 Å². The second kappa shape index (κ2) is 9.34. The van der Waals surface area contributed by atoms with Crippen molar-refractivity contribution in [3.8, 4) is 0 Å². The molecule has 1 unspecified atom stereocenters. The Morgan fingerprint density at radius 1 is 1.11 bits per heavy atom. The van der Waals surface area contributed by atoms with Crippen molar-refractivity contribution in [2.24, 2.45) is 0 Å². The van der Waals surface area contributed by atoms with Gasteiger partial charge < -0.3 is 10.6 Å². The van der Waals surface area contributed by atoms with E-state index in [0.717, 1.165) is 6.26 Å². The second-order valence-electron chi connectivity index (χ2n) is 5.92. The Labute approximate surface area is 171 Å². The quantitative estimate of drug-likeness (QED) is 0.645. The Morgan fingerprint density at radius 2 is 1.74 bits per heavy atom. The third-order valence-electron chi connectivity index (χ3n) is 3.63. The van der Waals surface area contributed by atoms with Gasteiger partial charge in [0.25, 0.3) is 5.91 Å². The van der Waals surface area contributed by atoms with E-state index in [0.29, 0.717) is 20.7 Å². The first kappa shape index (κ1) is 21.4. The van der Waals surface area contributed by atoms with Gasteiger partial charge in [-0.05, 0) is 58.7 Å². The third-order valence-corrected chi connectivity index (χ3v) is 5.55. The molecule has 2 rings (SSSR count). The predicted molar refractivity (Wildman–Crippen MR) is 110 cm³/mol. The SMILES string of the molecule is CS(=O)(=O)CCC(NC(=O)c1ccccc1Br)C(=O)Nc1ccc(Cl)cc1. The maximum absolute atomic E-state index is 12.6. The summed E-state index contributed by atoms with van der Waals surface area (Å²) < 4.78 is 23.6. The van der Waals surface area contributed by atoms with E-state index in [9.17, 15) is 18.0 Å². The van der Waals surface area contributed by atoms with Gasteiger partial charge in [0.05, 0.1) is 11.3 Å². The van der Waals surface area contributed by atoms with Gasteiger partial charge in [-0.25, -0.2) is 8.42 Å². The summed E-state index contributed by atoms with van der Waals surface area (Å²) in [5.41, 5.74) is 0.838. The molecular weight excluding hydrogens is 456 g/mol. The number of hydrogen-bond acceptors (Lipinski definition) is 4. The van der Waals surface area contributed by atoms with Crippen molar-refractivity contribution in [2.45, 2.75) is 12.5 Å². The van der Waals surface area contributed by atoms with E-state index in [4.69, 9.17) is 11.6 Å². The lowest BCUT2D eigenvalue weighted by molar-refractivity contribution is -0.118. The highest BCUT2D eigenvalue weighted by molar-refractivity contribution is 9.10. The van der Waals surface area contributed by atoms with Gasteiger partial charge in [0.1, 0.15) is 15.9 Å². The molecular formula is C18H18BrClN2O4S. The molecule has 2 N–H and O–H groups in total. The molecule has 0 heterocycles. The van der Waals surface area contributed by atoms with Crippen LogP contribution in [0.3, 0.4) is 0 Å². The first-order valence-corrected chi connectivity index (χ1v) is 11.2. The number of nitrogens with one attached hydrogen (secondary N) is 2. The molecule has 9 heteroatoms. The van der Waals surface area contributed by atoms with Crippen LogP contribution in [0.5, 0.6) is 0 Å². The van der Waals surface area contributed by atoms with Crippen LogP contribution in [0, 0.1) is 0 Å². The molecule has 0 radical (unpaired) electrons. The van der Waals surface area contributed by atoms with E-state index >= 15 is 0 Å². The zero-order valence-electron chi connectivity index (χ0n) is 14.4. The average Bonchev–Trinajstić information content (AvgIpc) is 2.60. The molecule has 0 saturated heterocycles. The molecule has 144 valence electrons. The minimum absolute atomic E-state index is 0.0472. The zero-order valence-corrected chi connectivity index (χ0v) is 17.6. The largest absolute Gasteiger partial charge is 0.340 e. The lowest BCUT2D eigenvalue weighted by atomic mass is 10.1. The number of halogens is 2. The van der Waals surface area contributed by atoms with E-state index in [1.165, 1.54) is 0 Å². The van der Waals surface area contributed by atoms with Crippen LogP contribution in [-0.2, 0) is 14.6 Å². The number of benzene rings is 2. The smallest absolute Gasteiger partial charge is 0.253 e. The minimum Gasteiger partial charge on any atom is -0.340 e. The first-order valence-electron chi connectivity index (χ1n) is 7.95. The van der Waals surface area contributed by atoms with Gasteiger partial charge in [0.15, 0.2) is 0 Å². The lowest BCUT2D eigenvalue weighted by Gasteiger charge is -2.18. The number of carbonyl (C=O) groups is 2. The molecule has 6 nitrogen and oxygen atoms in total. The van der Waals surface area contributed by atoms with Gasteiger partial charge in [0.2, 0.25) is 5.91 Å². The highest BCUT2D eigenvalue weighted by Gasteiger charge is 2.24. The molecule has 0 bridgehead atoms. The summed E-state index contributed by atoms with van der Waals surface area (Å²) in [6.07, 6.45) is 1.03. The number of anilines is 1. The molecule has 0 fully saturated rings. The molecule has 27 heavy (non-hydrogen) atoms. The van der Waals surface area contributed by atoms with Crippen LogP contribution in [-0.4, -0.2) is 38.3 Å². The van der Waals surface area contributed by atoms with E-state index in [-0.39, 0.29) is 12.2 Å². The number of sulfone groups is 1. The number of carbonyl (C=O) groups excluding carboxylic acids is 2. The average molecular weight is 474 g/mol. The molecule has 0 aliphatic heterocycles. The molecule has 1 atom stereocenters. The third kappa shape index (κ3) is 6.97. The monoisotopic (exact) mass is 472 g/mol. The highest BCUT2D eigenvalue weighted by Crippen LogP contribution is 2.17. The van der Waals surface area contributed by atoms with Crippen molar-refractivity contribution in [3.63, 3.8) is 0 Å². The Kier molecular flexibility index (Phi) is 7.41. The van der Waals surface area contributed by atoms with Crippen molar-refractivity contribution in [1.82, 2.24) is 5.32 Å². The summed E-state index contributed by atoms with van der Waals surface area (Å²) in [6.45, 7) is 0. The first-order chi connectivity index (χ1) is 12.7. The fourth-order valence-electron chi connectivity index (χ4n) is 2.24. The molecule has 0 aliphatic carbocycles. The minimum atomic E-state index is -3.30. The highest BCUT2D eigenvalue weighted by atomic mass is 79.9. The van der Waals surface area contributed by atoms with E-state index in [1.54, 1.807) is 48.5 Å². The number of rotatable bonds is 7. The van der Waals surface area contributed by atoms with Crippen LogP contribution >= 0.6 is 27.5 Å². The van der Waals surface area contributed by atoms with Crippen molar-refractivity contribution < 1.29 is 18.0 Å². The van der Waals surface area contributed by atoms with Gasteiger partial charge in [0, 0.05) is 21.4 Å². The van der Waals surface area contributed by atoms with Gasteiger partial charge in [-0.15, -0.1) is 0 Å². The van der Waals surface area contributed by atoms with Crippen LogP contribution in [0.25, 0.3) is 0 Å². The predicted octanol–water partition coefficient (Wildman–Crippen LogP) is 3.27. The summed E-state index contributed by atoms with van der Waals surface area (Å²) in [7, 11) is -3.30. The number of hydrogen-bond donors (Lipinski definition) is 2. The maximum Gasteiger partial charge on any atom is 0.253 e. The molecule has 0 aromatic heterocycles. The standard InChI is InChI=1S/C18H18BrClN2O4S/c1-27(25,26)11-10-16(18(24)21-13-8-6-12(20)7-9-13)22-17(23)14-4-2-3-5-15(14)19/h2-9,16H,10-11H2,1H3,(H,21,24)(H,22,23). The van der Waals surface area contributed by atoms with Gasteiger partial charge in [-0.1, -0.05) is 23.7 Å². The summed E-state index contributed by atoms with van der Waals surface area (Å²) >= 11 is 9.11. The maximum atomic E-state index is 12.6. The Bertz CT molecular complexity index is 933. The summed E-state index contributed by atoms with van der Waals surface area (Å²) in [5.74, 6) is -1.23. The Hall–Kier alpha value is -1.90. The second-order valence-corrected chi connectivity index (χ2v) is 9.47. The number of amides is 2. The van der Waals surface area contributed by atoms with Crippen LogP contribution in [0.4, 0.5) is 5.69 Å². The Morgan fingerprint density at radius 3 is 2.33 bits per heavy atom. The molecule has 2 amide bonds. The molecule has 2 aromatic rings. The summed E-state index contributed by atoms with van der Waals surface area (Å²) in [4.78, 5) is 25.1. The topological polar surface area (TPSA) is 92.3 Å². The molecule has 2 aromatic carbocycles. The summed E-state index contributed by atoms with van der Waals surface area (Å²) in [5, 5.41) is 5.78. The zero-order chi connectivity index (χ0) is 20.0.